The largest absolute Gasteiger partial charge is 0.339 e. The minimum atomic E-state index is -0.195. The van der Waals surface area contributed by atoms with Crippen LogP contribution in [0.25, 0.3) is 0 Å². The minimum Gasteiger partial charge on any atom is -0.339 e. The molecule has 7 heteroatoms. The van der Waals surface area contributed by atoms with Crippen LogP contribution in [0.5, 0.6) is 0 Å². The van der Waals surface area contributed by atoms with Gasteiger partial charge in [-0.05, 0) is 31.7 Å². The van der Waals surface area contributed by atoms with E-state index in [1.807, 2.05) is 23.1 Å². The molecular weight excluding hydrogens is 400 g/mol. The lowest BCUT2D eigenvalue weighted by atomic mass is 10.1. The van der Waals surface area contributed by atoms with Gasteiger partial charge in [-0.3, -0.25) is 19.4 Å². The molecule has 1 aliphatic heterocycles. The van der Waals surface area contributed by atoms with Crippen molar-refractivity contribution in [2.45, 2.75) is 13.0 Å². The van der Waals surface area contributed by atoms with Gasteiger partial charge < -0.3 is 10.2 Å². The van der Waals surface area contributed by atoms with E-state index in [1.165, 1.54) is 5.56 Å². The molecule has 2 amide bonds. The zero-order chi connectivity index (χ0) is 21.5. The maximum Gasteiger partial charge on any atom is 0.238 e. The highest BCUT2D eigenvalue weighted by Gasteiger charge is 2.25. The molecule has 0 spiro atoms. The van der Waals surface area contributed by atoms with E-state index in [4.69, 9.17) is 11.6 Å². The molecule has 0 aliphatic carbocycles. The molecule has 0 radical (unpaired) electrons. The van der Waals surface area contributed by atoms with E-state index in [9.17, 15) is 9.59 Å². The smallest absolute Gasteiger partial charge is 0.238 e. The Kier molecular flexibility index (Phi) is 7.85. The lowest BCUT2D eigenvalue weighted by Crippen LogP contribution is -2.51. The van der Waals surface area contributed by atoms with E-state index in [0.29, 0.717) is 29.8 Å². The first-order valence-corrected chi connectivity index (χ1v) is 10.6. The number of halogens is 1. The predicted octanol–water partition coefficient (Wildman–Crippen LogP) is 3.12. The van der Waals surface area contributed by atoms with Crippen molar-refractivity contribution in [3.63, 3.8) is 0 Å². The zero-order valence-electron chi connectivity index (χ0n) is 17.6. The third-order valence-corrected chi connectivity index (χ3v) is 5.79. The Hall–Kier alpha value is -2.41. The van der Waals surface area contributed by atoms with Crippen molar-refractivity contribution in [3.05, 3.63) is 65.2 Å². The van der Waals surface area contributed by atoms with Crippen LogP contribution < -0.4 is 5.32 Å². The van der Waals surface area contributed by atoms with Crippen molar-refractivity contribution < 1.29 is 9.59 Å². The number of hydrogen-bond donors (Lipinski definition) is 1. The second-order valence-electron chi connectivity index (χ2n) is 7.70. The van der Waals surface area contributed by atoms with Gasteiger partial charge >= 0.3 is 0 Å². The number of piperazine rings is 1. The van der Waals surface area contributed by atoms with Crippen LogP contribution in [-0.2, 0) is 9.59 Å². The average Bonchev–Trinajstić information content (AvgIpc) is 2.75. The lowest BCUT2D eigenvalue weighted by molar-refractivity contribution is -0.134. The topological polar surface area (TPSA) is 55.9 Å². The third-order valence-electron chi connectivity index (χ3n) is 5.46. The Balaban J connectivity index is 1.43. The second kappa shape index (κ2) is 10.6. The fourth-order valence-electron chi connectivity index (χ4n) is 3.69. The first-order valence-electron chi connectivity index (χ1n) is 10.2. The first kappa shape index (κ1) is 22.3. The Morgan fingerprint density at radius 2 is 1.63 bits per heavy atom. The normalized spacial score (nSPS) is 15.8. The quantitative estimate of drug-likeness (QED) is 0.736. The average molecular weight is 429 g/mol. The van der Waals surface area contributed by atoms with Crippen LogP contribution in [0.4, 0.5) is 5.69 Å². The monoisotopic (exact) mass is 428 g/mol. The summed E-state index contributed by atoms with van der Waals surface area (Å²) >= 11 is 6.07. The van der Waals surface area contributed by atoms with Gasteiger partial charge in [0.2, 0.25) is 11.8 Å². The highest BCUT2D eigenvalue weighted by Crippen LogP contribution is 2.22. The Morgan fingerprint density at radius 3 is 2.30 bits per heavy atom. The number of carbonyl (C=O) groups excluding carboxylic acids is 2. The maximum absolute atomic E-state index is 12.7. The fourth-order valence-corrected chi connectivity index (χ4v) is 3.87. The molecule has 2 aromatic carbocycles. The van der Waals surface area contributed by atoms with Crippen molar-refractivity contribution in [2.24, 2.45) is 0 Å². The molecule has 3 rings (SSSR count). The van der Waals surface area contributed by atoms with Crippen molar-refractivity contribution in [1.82, 2.24) is 14.7 Å². The summed E-state index contributed by atoms with van der Waals surface area (Å²) in [5, 5.41) is 3.28. The number of amides is 2. The Morgan fingerprint density at radius 1 is 1.00 bits per heavy atom. The van der Waals surface area contributed by atoms with Gasteiger partial charge in [-0.2, -0.15) is 0 Å². The number of benzene rings is 2. The van der Waals surface area contributed by atoms with Crippen molar-refractivity contribution in [3.8, 4) is 0 Å². The maximum atomic E-state index is 12.7. The number of carbonyl (C=O) groups is 2. The molecule has 0 saturated carbocycles. The summed E-state index contributed by atoms with van der Waals surface area (Å²) in [6.07, 6.45) is 0. The highest BCUT2D eigenvalue weighted by atomic mass is 35.5. The van der Waals surface area contributed by atoms with Gasteiger partial charge in [0, 0.05) is 32.2 Å². The van der Waals surface area contributed by atoms with Crippen LogP contribution in [0.2, 0.25) is 5.02 Å². The molecule has 6 nitrogen and oxygen atoms in total. The van der Waals surface area contributed by atoms with Gasteiger partial charge in [-0.15, -0.1) is 0 Å². The summed E-state index contributed by atoms with van der Waals surface area (Å²) < 4.78 is 0. The molecule has 0 aromatic heterocycles. The molecule has 1 saturated heterocycles. The number of para-hydroxylation sites is 1. The molecule has 2 aromatic rings. The first-order chi connectivity index (χ1) is 14.4. The number of nitrogens with zero attached hydrogens (tertiary/aromatic N) is 3. The SMILES string of the molecule is C[C@H](c1ccccc1)N1CCN(C(=O)CN(C)CC(=O)Nc2ccccc2Cl)CC1. The molecule has 30 heavy (non-hydrogen) atoms. The minimum absolute atomic E-state index is 0.0510. The van der Waals surface area contributed by atoms with E-state index in [1.54, 1.807) is 24.1 Å². The van der Waals surface area contributed by atoms with Crippen LogP contribution >= 0.6 is 11.6 Å². The van der Waals surface area contributed by atoms with E-state index >= 15 is 0 Å². The lowest BCUT2D eigenvalue weighted by Gasteiger charge is -2.38. The number of hydrogen-bond acceptors (Lipinski definition) is 4. The van der Waals surface area contributed by atoms with Crippen LogP contribution in [0.1, 0.15) is 18.5 Å². The van der Waals surface area contributed by atoms with E-state index in [0.717, 1.165) is 13.1 Å². The second-order valence-corrected chi connectivity index (χ2v) is 8.11. The molecule has 0 unspecified atom stereocenters. The number of rotatable bonds is 7. The van der Waals surface area contributed by atoms with E-state index < -0.39 is 0 Å². The summed E-state index contributed by atoms with van der Waals surface area (Å²) in [7, 11) is 1.78. The van der Waals surface area contributed by atoms with Crippen LogP contribution in [0, 0.1) is 0 Å². The summed E-state index contributed by atoms with van der Waals surface area (Å²) in [6, 6.07) is 17.9. The highest BCUT2D eigenvalue weighted by molar-refractivity contribution is 6.33. The van der Waals surface area contributed by atoms with Gasteiger partial charge in [0.25, 0.3) is 0 Å². The molecule has 1 fully saturated rings. The molecular formula is C23H29ClN4O2. The predicted molar refractivity (Wildman–Crippen MR) is 121 cm³/mol. The Bertz CT molecular complexity index is 853. The van der Waals surface area contributed by atoms with Crippen LogP contribution in [0.3, 0.4) is 0 Å². The standard InChI is InChI=1S/C23H29ClN4O2/c1-18(19-8-4-3-5-9-19)27-12-14-28(15-13-27)23(30)17-26(2)16-22(29)25-21-11-7-6-10-20(21)24/h3-11,18H,12-17H2,1-2H3,(H,25,29)/t18-/m1/s1. The summed E-state index contributed by atoms with van der Waals surface area (Å²) in [6.45, 7) is 5.65. The van der Waals surface area contributed by atoms with E-state index in [-0.39, 0.29) is 24.9 Å². The molecule has 1 N–H and O–H groups in total. The number of nitrogens with one attached hydrogen (secondary N) is 1. The van der Waals surface area contributed by atoms with Gasteiger partial charge in [-0.1, -0.05) is 54.1 Å². The van der Waals surface area contributed by atoms with E-state index in [2.05, 4.69) is 41.4 Å². The van der Waals surface area contributed by atoms with Gasteiger partial charge in [0.15, 0.2) is 0 Å². The molecule has 1 heterocycles. The van der Waals surface area contributed by atoms with Crippen molar-refractivity contribution in [2.75, 3.05) is 51.6 Å². The Labute approximate surface area is 183 Å². The fraction of sp³-hybridized carbons (Fsp3) is 0.391. The molecule has 1 atom stereocenters. The molecule has 160 valence electrons. The summed E-state index contributed by atoms with van der Waals surface area (Å²) in [5.41, 5.74) is 1.87. The third kappa shape index (κ3) is 6.05. The van der Waals surface area contributed by atoms with Gasteiger partial charge in [0.1, 0.15) is 0 Å². The molecule has 1 aliphatic rings. The summed E-state index contributed by atoms with van der Waals surface area (Å²) in [4.78, 5) is 30.9. The molecule has 0 bridgehead atoms. The van der Waals surface area contributed by atoms with Gasteiger partial charge in [-0.25, -0.2) is 0 Å². The number of anilines is 1. The zero-order valence-corrected chi connectivity index (χ0v) is 18.3. The number of likely N-dealkylation sites (N-methyl/N-ethyl adjacent to an activating group) is 1. The van der Waals surface area contributed by atoms with Crippen LogP contribution in [0.15, 0.2) is 54.6 Å². The van der Waals surface area contributed by atoms with Crippen LogP contribution in [-0.4, -0.2) is 72.8 Å². The van der Waals surface area contributed by atoms with Crippen molar-refractivity contribution in [1.29, 1.82) is 0 Å². The summed E-state index contributed by atoms with van der Waals surface area (Å²) in [5.74, 6) is -0.144. The van der Waals surface area contributed by atoms with Gasteiger partial charge in [0.05, 0.1) is 23.8 Å². The van der Waals surface area contributed by atoms with Crippen molar-refractivity contribution >= 4 is 29.1 Å².